The Labute approximate surface area is 159 Å². The van der Waals surface area contributed by atoms with Crippen LogP contribution in [-0.2, 0) is 4.79 Å². The van der Waals surface area contributed by atoms with Gasteiger partial charge in [0.1, 0.15) is 0 Å². The number of fused-ring (bicyclic) bond motifs is 1. The molecule has 4 rings (SSSR count). The fourth-order valence-electron chi connectivity index (χ4n) is 2.65. The van der Waals surface area contributed by atoms with Gasteiger partial charge in [-0.05, 0) is 60.0 Å². The van der Waals surface area contributed by atoms with E-state index in [1.807, 2.05) is 66.9 Å². The SMILES string of the molecule is CSc1ccccc1/N=C1\NC(=O)/C(=C/c2ccc3ncccc3c2)S1. The lowest BCUT2D eigenvalue weighted by molar-refractivity contribution is -0.115. The second-order valence-corrected chi connectivity index (χ2v) is 7.49. The smallest absolute Gasteiger partial charge is 0.264 e. The summed E-state index contributed by atoms with van der Waals surface area (Å²) in [4.78, 5) is 22.9. The van der Waals surface area contributed by atoms with Crippen molar-refractivity contribution in [3.8, 4) is 0 Å². The topological polar surface area (TPSA) is 54.4 Å². The highest BCUT2D eigenvalue weighted by Gasteiger charge is 2.24. The molecule has 4 nitrogen and oxygen atoms in total. The number of carbonyl (C=O) groups excluding carboxylic acids is 1. The third-order valence-electron chi connectivity index (χ3n) is 3.88. The summed E-state index contributed by atoms with van der Waals surface area (Å²) in [6.45, 7) is 0. The number of aliphatic imine (C=N–C) groups is 1. The highest BCUT2D eigenvalue weighted by molar-refractivity contribution is 8.18. The molecule has 0 bridgehead atoms. The molecule has 1 aliphatic rings. The number of benzene rings is 2. The maximum Gasteiger partial charge on any atom is 0.264 e. The average molecular weight is 377 g/mol. The molecule has 1 N–H and O–H groups in total. The van der Waals surface area contributed by atoms with Crippen molar-refractivity contribution >= 4 is 57.3 Å². The maximum atomic E-state index is 12.3. The van der Waals surface area contributed by atoms with Crippen LogP contribution in [0.3, 0.4) is 0 Å². The highest BCUT2D eigenvalue weighted by Crippen LogP contribution is 2.32. The molecule has 0 saturated carbocycles. The largest absolute Gasteiger partial charge is 0.300 e. The molecular weight excluding hydrogens is 362 g/mol. The molecule has 0 aliphatic carbocycles. The lowest BCUT2D eigenvalue weighted by Crippen LogP contribution is -2.19. The van der Waals surface area contributed by atoms with Crippen LogP contribution in [-0.4, -0.2) is 22.3 Å². The summed E-state index contributed by atoms with van der Waals surface area (Å²) in [7, 11) is 0. The van der Waals surface area contributed by atoms with E-state index in [-0.39, 0.29) is 5.91 Å². The minimum atomic E-state index is -0.123. The first-order chi connectivity index (χ1) is 12.7. The normalized spacial score (nSPS) is 17.2. The van der Waals surface area contributed by atoms with Crippen molar-refractivity contribution in [3.05, 3.63) is 71.3 Å². The van der Waals surface area contributed by atoms with Gasteiger partial charge in [0.15, 0.2) is 5.17 Å². The Kier molecular flexibility index (Phi) is 4.77. The number of hydrogen-bond acceptors (Lipinski definition) is 5. The molecule has 0 atom stereocenters. The number of carbonyl (C=O) groups is 1. The number of amides is 1. The molecule has 2 heterocycles. The maximum absolute atomic E-state index is 12.3. The van der Waals surface area contributed by atoms with Gasteiger partial charge >= 0.3 is 0 Å². The fraction of sp³-hybridized carbons (Fsp3) is 0.0500. The predicted molar refractivity (Wildman–Crippen MR) is 111 cm³/mol. The summed E-state index contributed by atoms with van der Waals surface area (Å²) in [6.07, 6.45) is 5.67. The van der Waals surface area contributed by atoms with Crippen LogP contribution in [0, 0.1) is 0 Å². The summed E-state index contributed by atoms with van der Waals surface area (Å²) in [5.41, 5.74) is 2.77. The number of aromatic nitrogens is 1. The lowest BCUT2D eigenvalue weighted by Gasteiger charge is -2.02. The number of amidine groups is 1. The summed E-state index contributed by atoms with van der Waals surface area (Å²) >= 11 is 2.99. The summed E-state index contributed by atoms with van der Waals surface area (Å²) in [5.74, 6) is -0.123. The third-order valence-corrected chi connectivity index (χ3v) is 5.58. The second-order valence-electron chi connectivity index (χ2n) is 5.61. The summed E-state index contributed by atoms with van der Waals surface area (Å²) in [6, 6.07) is 17.8. The Balaban J connectivity index is 1.62. The van der Waals surface area contributed by atoms with Gasteiger partial charge in [0.25, 0.3) is 5.91 Å². The minimum absolute atomic E-state index is 0.123. The standard InChI is InChI=1S/C20H15N3OS2/c1-25-17-7-3-2-6-16(17)22-20-23-19(24)18(26-20)12-13-8-9-15-14(11-13)5-4-10-21-15/h2-12H,1H3,(H,22,23,24)/b18-12-. The zero-order valence-corrected chi connectivity index (χ0v) is 15.6. The lowest BCUT2D eigenvalue weighted by atomic mass is 10.1. The van der Waals surface area contributed by atoms with E-state index >= 15 is 0 Å². The number of para-hydroxylation sites is 1. The Morgan fingerprint density at radius 3 is 2.92 bits per heavy atom. The molecule has 26 heavy (non-hydrogen) atoms. The van der Waals surface area contributed by atoms with Crippen LogP contribution in [0.5, 0.6) is 0 Å². The molecule has 0 radical (unpaired) electrons. The van der Waals surface area contributed by atoms with Crippen LogP contribution < -0.4 is 5.32 Å². The van der Waals surface area contributed by atoms with Gasteiger partial charge < -0.3 is 5.32 Å². The van der Waals surface area contributed by atoms with Crippen molar-refractivity contribution in [2.75, 3.05) is 6.26 Å². The Hall–Kier alpha value is -2.57. The molecule has 2 aromatic carbocycles. The van der Waals surface area contributed by atoms with Gasteiger partial charge in [-0.25, -0.2) is 4.99 Å². The van der Waals surface area contributed by atoms with Crippen molar-refractivity contribution in [2.24, 2.45) is 4.99 Å². The molecule has 1 aliphatic heterocycles. The first-order valence-corrected chi connectivity index (χ1v) is 10.0. The zero-order chi connectivity index (χ0) is 17.9. The fourth-order valence-corrected chi connectivity index (χ4v) is 4.02. The van der Waals surface area contributed by atoms with Crippen LogP contribution in [0.2, 0.25) is 0 Å². The first-order valence-electron chi connectivity index (χ1n) is 8.00. The molecule has 128 valence electrons. The van der Waals surface area contributed by atoms with Gasteiger partial charge in [-0.1, -0.05) is 24.3 Å². The van der Waals surface area contributed by atoms with E-state index < -0.39 is 0 Å². The first kappa shape index (κ1) is 16.9. The molecule has 0 spiro atoms. The van der Waals surface area contributed by atoms with Crippen molar-refractivity contribution in [1.29, 1.82) is 0 Å². The molecule has 1 saturated heterocycles. The van der Waals surface area contributed by atoms with Gasteiger partial charge in [0, 0.05) is 16.5 Å². The van der Waals surface area contributed by atoms with Crippen LogP contribution in [0.4, 0.5) is 5.69 Å². The van der Waals surface area contributed by atoms with Gasteiger partial charge in [-0.2, -0.15) is 0 Å². The number of thioether (sulfide) groups is 2. The Morgan fingerprint density at radius 1 is 1.15 bits per heavy atom. The van der Waals surface area contributed by atoms with Crippen LogP contribution in [0.1, 0.15) is 5.56 Å². The number of pyridine rings is 1. The molecule has 3 aromatic rings. The molecule has 0 unspecified atom stereocenters. The van der Waals surface area contributed by atoms with Crippen LogP contribution >= 0.6 is 23.5 Å². The van der Waals surface area contributed by atoms with E-state index in [0.717, 1.165) is 27.0 Å². The predicted octanol–water partition coefficient (Wildman–Crippen LogP) is 4.85. The highest BCUT2D eigenvalue weighted by atomic mass is 32.2. The van der Waals surface area contributed by atoms with E-state index in [0.29, 0.717) is 10.1 Å². The van der Waals surface area contributed by atoms with Crippen molar-refractivity contribution in [1.82, 2.24) is 10.3 Å². The number of hydrogen-bond donors (Lipinski definition) is 1. The van der Waals surface area contributed by atoms with E-state index in [4.69, 9.17) is 0 Å². The average Bonchev–Trinajstić information content (AvgIpc) is 3.01. The Morgan fingerprint density at radius 2 is 2.04 bits per heavy atom. The molecule has 1 amide bonds. The van der Waals surface area contributed by atoms with Gasteiger partial charge in [-0.3, -0.25) is 9.78 Å². The Bertz CT molecular complexity index is 1060. The number of nitrogens with zero attached hydrogens (tertiary/aromatic N) is 2. The molecule has 1 aromatic heterocycles. The minimum Gasteiger partial charge on any atom is -0.300 e. The molecule has 1 fully saturated rings. The quantitative estimate of drug-likeness (QED) is 0.524. The van der Waals surface area contributed by atoms with Crippen LogP contribution in [0.15, 0.2) is 75.6 Å². The van der Waals surface area contributed by atoms with E-state index in [9.17, 15) is 4.79 Å². The third kappa shape index (κ3) is 3.52. The van der Waals surface area contributed by atoms with Gasteiger partial charge in [0.2, 0.25) is 0 Å². The van der Waals surface area contributed by atoms with Crippen LogP contribution in [0.25, 0.3) is 17.0 Å². The number of nitrogens with one attached hydrogen (secondary N) is 1. The summed E-state index contributed by atoms with van der Waals surface area (Å²) < 4.78 is 0. The van der Waals surface area contributed by atoms with Crippen molar-refractivity contribution in [3.63, 3.8) is 0 Å². The number of rotatable bonds is 3. The van der Waals surface area contributed by atoms with E-state index in [2.05, 4.69) is 15.3 Å². The van der Waals surface area contributed by atoms with E-state index in [1.54, 1.807) is 18.0 Å². The zero-order valence-electron chi connectivity index (χ0n) is 14.0. The van der Waals surface area contributed by atoms with Crippen molar-refractivity contribution in [2.45, 2.75) is 4.90 Å². The molecular formula is C20H15N3OS2. The second kappa shape index (κ2) is 7.35. The van der Waals surface area contributed by atoms with E-state index in [1.165, 1.54) is 11.8 Å². The summed E-state index contributed by atoms with van der Waals surface area (Å²) in [5, 5.41) is 4.50. The molecule has 6 heteroatoms. The van der Waals surface area contributed by atoms with Crippen molar-refractivity contribution < 1.29 is 4.79 Å². The van der Waals surface area contributed by atoms with Gasteiger partial charge in [-0.15, -0.1) is 11.8 Å². The monoisotopic (exact) mass is 377 g/mol. The van der Waals surface area contributed by atoms with Gasteiger partial charge in [0.05, 0.1) is 16.1 Å².